The molecule has 1 aliphatic heterocycles. The highest BCUT2D eigenvalue weighted by Gasteiger charge is 2.52. The van der Waals surface area contributed by atoms with Crippen molar-refractivity contribution in [3.63, 3.8) is 0 Å². The Kier molecular flexibility index (Phi) is 3.99. The van der Waals surface area contributed by atoms with E-state index in [4.69, 9.17) is 9.47 Å². The molecule has 1 spiro atoms. The van der Waals surface area contributed by atoms with Gasteiger partial charge in [0.05, 0.1) is 24.3 Å². The molecule has 0 bridgehead atoms. The van der Waals surface area contributed by atoms with Gasteiger partial charge in [0.2, 0.25) is 0 Å². The van der Waals surface area contributed by atoms with Crippen molar-refractivity contribution in [1.29, 1.82) is 0 Å². The summed E-state index contributed by atoms with van der Waals surface area (Å²) in [6, 6.07) is 3.58. The van der Waals surface area contributed by atoms with Gasteiger partial charge in [0.15, 0.2) is 0 Å². The van der Waals surface area contributed by atoms with Crippen molar-refractivity contribution in [3.8, 4) is 11.5 Å². The maximum absolute atomic E-state index is 11.5. The topological polar surface area (TPSA) is 78.8 Å². The van der Waals surface area contributed by atoms with Gasteiger partial charge in [-0.2, -0.15) is 0 Å². The van der Waals surface area contributed by atoms with Crippen LogP contribution < -0.4 is 14.6 Å². The van der Waals surface area contributed by atoms with Crippen LogP contribution in [-0.4, -0.2) is 42.4 Å². The van der Waals surface area contributed by atoms with E-state index >= 15 is 0 Å². The number of carbonyl (C=O) groups excluding carboxylic acids is 1. The van der Waals surface area contributed by atoms with Crippen LogP contribution in [0, 0.1) is 0 Å². The lowest BCUT2D eigenvalue weighted by Crippen LogP contribution is -2.55. The third-order valence-corrected chi connectivity index (χ3v) is 7.59. The first-order valence-electron chi connectivity index (χ1n) is 6.92. The Bertz CT molecular complexity index is 612. The summed E-state index contributed by atoms with van der Waals surface area (Å²) in [7, 11) is 3.13. The second-order valence-corrected chi connectivity index (χ2v) is 8.49. The monoisotopic (exact) mass is 341 g/mol. The minimum absolute atomic E-state index is 0.0338. The van der Waals surface area contributed by atoms with E-state index in [1.807, 2.05) is 6.07 Å². The van der Waals surface area contributed by atoms with Crippen molar-refractivity contribution < 1.29 is 24.5 Å². The fourth-order valence-electron chi connectivity index (χ4n) is 3.24. The van der Waals surface area contributed by atoms with Gasteiger partial charge in [-0.1, -0.05) is 0 Å². The Morgan fingerprint density at radius 1 is 1.23 bits per heavy atom. The number of hydrogen-bond donors (Lipinski definition) is 1. The molecule has 0 aromatic heterocycles. The molecule has 1 fully saturated rings. The number of rotatable bonds is 3. The number of fused-ring (bicyclic) bond motifs is 2. The van der Waals surface area contributed by atoms with Gasteiger partial charge in [-0.05, 0) is 12.1 Å². The maximum Gasteiger partial charge on any atom is 0.124 e. The van der Waals surface area contributed by atoms with Crippen molar-refractivity contribution >= 4 is 29.5 Å². The summed E-state index contributed by atoms with van der Waals surface area (Å²) in [5.74, 6) is 1.64. The van der Waals surface area contributed by atoms with Crippen LogP contribution in [0.1, 0.15) is 17.5 Å². The van der Waals surface area contributed by atoms with Gasteiger partial charge >= 0.3 is 0 Å². The number of aliphatic carboxylic acids is 1. The third kappa shape index (κ3) is 2.26. The molecular formula is C15H17O5S2-. The summed E-state index contributed by atoms with van der Waals surface area (Å²) >= 11 is 3.31. The zero-order valence-corrected chi connectivity index (χ0v) is 14.0. The molecule has 1 atom stereocenters. The number of methoxy groups -OCH3 is 2. The number of ether oxygens (including phenoxy) is 2. The molecule has 0 saturated carbocycles. The molecule has 1 aliphatic carbocycles. The molecule has 120 valence electrons. The fraction of sp³-hybridized carbons (Fsp3) is 0.533. The minimum Gasteiger partial charge on any atom is -0.547 e. The van der Waals surface area contributed by atoms with Crippen LogP contribution >= 0.6 is 23.5 Å². The molecule has 2 aliphatic rings. The molecule has 1 aromatic carbocycles. The Balaban J connectivity index is 2.25. The Morgan fingerprint density at radius 2 is 1.82 bits per heavy atom. The van der Waals surface area contributed by atoms with Crippen LogP contribution in [0.2, 0.25) is 0 Å². The molecule has 1 unspecified atom stereocenters. The summed E-state index contributed by atoms with van der Waals surface area (Å²) in [5, 5.41) is 22.1. The van der Waals surface area contributed by atoms with Crippen LogP contribution in [0.4, 0.5) is 0 Å². The van der Waals surface area contributed by atoms with Crippen LogP contribution in [0.25, 0.3) is 0 Å². The predicted octanol–water partition coefficient (Wildman–Crippen LogP) is 0.764. The number of thioether (sulfide) groups is 2. The SMILES string of the molecule is COc1ccc(OC)c2c1CC(O)(C(=O)[O-])CC21SCCS1. The van der Waals surface area contributed by atoms with Crippen molar-refractivity contribution in [2.45, 2.75) is 22.5 Å². The zero-order chi connectivity index (χ0) is 16.0. The van der Waals surface area contributed by atoms with E-state index < -0.39 is 15.6 Å². The molecule has 5 nitrogen and oxygen atoms in total. The summed E-state index contributed by atoms with van der Waals surface area (Å²) in [5.41, 5.74) is -0.258. The lowest BCUT2D eigenvalue weighted by Gasteiger charge is -2.44. The first-order valence-corrected chi connectivity index (χ1v) is 8.89. The van der Waals surface area contributed by atoms with Crippen molar-refractivity contribution in [2.75, 3.05) is 25.7 Å². The highest BCUT2D eigenvalue weighted by atomic mass is 32.2. The normalized spacial score (nSPS) is 25.8. The van der Waals surface area contributed by atoms with E-state index in [0.717, 1.165) is 17.1 Å². The number of carboxylic acids is 1. The van der Waals surface area contributed by atoms with Crippen LogP contribution in [-0.2, 0) is 15.3 Å². The van der Waals surface area contributed by atoms with Gasteiger partial charge in [-0.25, -0.2) is 0 Å². The number of benzene rings is 1. The quantitative estimate of drug-likeness (QED) is 0.870. The van der Waals surface area contributed by atoms with E-state index in [1.165, 1.54) is 7.11 Å². The lowest BCUT2D eigenvalue weighted by molar-refractivity contribution is -0.325. The van der Waals surface area contributed by atoms with Crippen LogP contribution in [0.3, 0.4) is 0 Å². The molecule has 7 heteroatoms. The van der Waals surface area contributed by atoms with Gasteiger partial charge in [0, 0.05) is 35.5 Å². The average Bonchev–Trinajstić information content (AvgIpc) is 2.94. The van der Waals surface area contributed by atoms with Gasteiger partial charge in [0.25, 0.3) is 0 Å². The van der Waals surface area contributed by atoms with E-state index in [2.05, 4.69) is 0 Å². The van der Waals surface area contributed by atoms with E-state index in [9.17, 15) is 15.0 Å². The first kappa shape index (κ1) is 15.8. The second kappa shape index (κ2) is 5.54. The van der Waals surface area contributed by atoms with E-state index in [0.29, 0.717) is 17.1 Å². The number of aliphatic hydroxyl groups is 1. The van der Waals surface area contributed by atoms with Crippen molar-refractivity contribution in [1.82, 2.24) is 0 Å². The van der Waals surface area contributed by atoms with Crippen molar-refractivity contribution in [2.24, 2.45) is 0 Å². The maximum atomic E-state index is 11.5. The minimum atomic E-state index is -1.89. The van der Waals surface area contributed by atoms with E-state index in [-0.39, 0.29) is 12.8 Å². The summed E-state index contributed by atoms with van der Waals surface area (Å²) in [6.07, 6.45) is 0.0715. The van der Waals surface area contributed by atoms with Gasteiger partial charge in [-0.15, -0.1) is 23.5 Å². The van der Waals surface area contributed by atoms with Gasteiger partial charge in [-0.3, -0.25) is 0 Å². The fourth-order valence-corrected chi connectivity index (χ4v) is 6.81. The Morgan fingerprint density at radius 3 is 2.36 bits per heavy atom. The summed E-state index contributed by atoms with van der Waals surface area (Å²) in [6.45, 7) is 0. The van der Waals surface area contributed by atoms with Crippen molar-refractivity contribution in [3.05, 3.63) is 23.3 Å². The first-order chi connectivity index (χ1) is 10.5. The number of carboxylic acid groups (broad SMARTS) is 1. The Hall–Kier alpha value is -1.05. The molecule has 0 amide bonds. The lowest BCUT2D eigenvalue weighted by atomic mass is 9.78. The zero-order valence-electron chi connectivity index (χ0n) is 12.4. The van der Waals surface area contributed by atoms with Gasteiger partial charge in [0.1, 0.15) is 17.1 Å². The summed E-state index contributed by atoms with van der Waals surface area (Å²) in [4.78, 5) is 11.5. The molecule has 1 saturated heterocycles. The van der Waals surface area contributed by atoms with Crippen LogP contribution in [0.5, 0.6) is 11.5 Å². The van der Waals surface area contributed by atoms with Gasteiger partial charge < -0.3 is 24.5 Å². The molecule has 1 N–H and O–H groups in total. The molecule has 22 heavy (non-hydrogen) atoms. The summed E-state index contributed by atoms with van der Waals surface area (Å²) < 4.78 is 10.4. The smallest absolute Gasteiger partial charge is 0.124 e. The molecule has 1 heterocycles. The van der Waals surface area contributed by atoms with Crippen LogP contribution in [0.15, 0.2) is 12.1 Å². The highest BCUT2D eigenvalue weighted by molar-refractivity contribution is 8.20. The largest absolute Gasteiger partial charge is 0.547 e. The molecular weight excluding hydrogens is 324 g/mol. The second-order valence-electron chi connectivity index (χ2n) is 5.45. The molecule has 1 aromatic rings. The molecule has 3 rings (SSSR count). The Labute approximate surface area is 137 Å². The predicted molar refractivity (Wildman–Crippen MR) is 84.4 cm³/mol. The van der Waals surface area contributed by atoms with E-state index in [1.54, 1.807) is 36.7 Å². The number of carbonyl (C=O) groups is 1. The molecule has 0 radical (unpaired) electrons. The number of hydrogen-bond acceptors (Lipinski definition) is 7. The highest BCUT2D eigenvalue weighted by Crippen LogP contribution is 2.62. The average molecular weight is 341 g/mol. The standard InChI is InChI=1S/C15H18O5S2/c1-19-10-3-4-11(20-2)12-9(10)7-14(18,13(16)17)8-15(12)21-5-6-22-15/h3-4,18H,5-8H2,1-2H3,(H,16,17)/p-1. The third-order valence-electron chi connectivity index (χ3n) is 4.18.